The molecule has 0 aromatic heterocycles. The number of carbonyl (C=O) groups is 1. The molecule has 23 heavy (non-hydrogen) atoms. The van der Waals surface area contributed by atoms with Gasteiger partial charge in [-0.3, -0.25) is 4.79 Å². The molecule has 2 aromatic carbocycles. The van der Waals surface area contributed by atoms with Crippen LogP contribution >= 0.6 is 15.9 Å². The van der Waals surface area contributed by atoms with E-state index < -0.39 is 10.0 Å². The van der Waals surface area contributed by atoms with Gasteiger partial charge in [0.05, 0.1) is 10.5 Å². The van der Waals surface area contributed by atoms with Crippen LogP contribution in [0.5, 0.6) is 0 Å². The average Bonchev–Trinajstić information content (AvgIpc) is 2.51. The van der Waals surface area contributed by atoms with Gasteiger partial charge >= 0.3 is 0 Å². The highest BCUT2D eigenvalue weighted by atomic mass is 79.9. The van der Waals surface area contributed by atoms with Crippen LogP contribution in [0.3, 0.4) is 0 Å². The van der Waals surface area contributed by atoms with E-state index in [4.69, 9.17) is 5.14 Å². The molecule has 122 valence electrons. The molecule has 0 aliphatic rings. The van der Waals surface area contributed by atoms with E-state index >= 15 is 0 Å². The lowest BCUT2D eigenvalue weighted by atomic mass is 10.1. The topological polar surface area (TPSA) is 89.3 Å². The van der Waals surface area contributed by atoms with Gasteiger partial charge in [-0.2, -0.15) is 0 Å². The summed E-state index contributed by atoms with van der Waals surface area (Å²) in [5, 5.41) is 7.91. The smallest absolute Gasteiger partial charge is 0.252 e. The zero-order valence-electron chi connectivity index (χ0n) is 12.3. The molecule has 5 nitrogen and oxygen atoms in total. The fourth-order valence-electron chi connectivity index (χ4n) is 2.08. The van der Waals surface area contributed by atoms with Crippen molar-refractivity contribution < 1.29 is 13.2 Å². The highest BCUT2D eigenvalue weighted by molar-refractivity contribution is 9.10. The predicted molar refractivity (Wildman–Crippen MR) is 92.6 cm³/mol. The van der Waals surface area contributed by atoms with E-state index in [0.29, 0.717) is 12.1 Å². The lowest BCUT2D eigenvalue weighted by Crippen LogP contribution is -2.25. The van der Waals surface area contributed by atoms with Crippen molar-refractivity contribution in [2.75, 3.05) is 6.54 Å². The molecule has 0 spiro atoms. The Labute approximate surface area is 144 Å². The number of nitrogens with one attached hydrogen (secondary N) is 1. The minimum Gasteiger partial charge on any atom is -0.352 e. The van der Waals surface area contributed by atoms with E-state index in [1.807, 2.05) is 18.2 Å². The van der Waals surface area contributed by atoms with Crippen molar-refractivity contribution in [2.45, 2.75) is 17.7 Å². The van der Waals surface area contributed by atoms with Crippen LogP contribution in [0.15, 0.2) is 57.9 Å². The van der Waals surface area contributed by atoms with Crippen molar-refractivity contribution in [1.82, 2.24) is 5.32 Å². The maximum absolute atomic E-state index is 12.0. The Morgan fingerprint density at radius 3 is 2.35 bits per heavy atom. The Hall–Kier alpha value is -1.70. The van der Waals surface area contributed by atoms with Gasteiger partial charge in [0, 0.05) is 11.0 Å². The quantitative estimate of drug-likeness (QED) is 0.734. The molecule has 0 saturated heterocycles. The first-order valence-electron chi connectivity index (χ1n) is 7.02. The third-order valence-corrected chi connectivity index (χ3v) is 4.92. The Morgan fingerprint density at radius 2 is 1.74 bits per heavy atom. The van der Waals surface area contributed by atoms with Crippen LogP contribution in [0.25, 0.3) is 0 Å². The van der Waals surface area contributed by atoms with Crippen LogP contribution in [0.1, 0.15) is 22.3 Å². The van der Waals surface area contributed by atoms with Crippen molar-refractivity contribution in [3.05, 3.63) is 64.1 Å². The monoisotopic (exact) mass is 396 g/mol. The number of sulfonamides is 1. The number of hydrogen-bond donors (Lipinski definition) is 2. The third-order valence-electron chi connectivity index (χ3n) is 3.30. The number of amides is 1. The predicted octanol–water partition coefficient (Wildman–Crippen LogP) is 2.46. The summed E-state index contributed by atoms with van der Waals surface area (Å²) < 4.78 is 23.1. The van der Waals surface area contributed by atoms with Gasteiger partial charge in [-0.05, 0) is 58.6 Å². The number of hydrogen-bond acceptors (Lipinski definition) is 3. The van der Waals surface area contributed by atoms with E-state index in [2.05, 4.69) is 21.2 Å². The van der Waals surface area contributed by atoms with Crippen molar-refractivity contribution in [1.29, 1.82) is 0 Å². The number of rotatable bonds is 6. The average molecular weight is 397 g/mol. The molecule has 2 aromatic rings. The fourth-order valence-corrected chi connectivity index (χ4v) is 3.06. The Morgan fingerprint density at radius 1 is 1.09 bits per heavy atom. The molecule has 7 heteroatoms. The maximum atomic E-state index is 12.0. The van der Waals surface area contributed by atoms with Gasteiger partial charge in [-0.1, -0.05) is 24.3 Å². The summed E-state index contributed by atoms with van der Waals surface area (Å²) in [6.45, 7) is 0.539. The SMILES string of the molecule is NS(=O)(=O)c1ccc(CCCNC(=O)c2ccccc2Br)cc1. The minimum absolute atomic E-state index is 0.100. The Balaban J connectivity index is 1.82. The van der Waals surface area contributed by atoms with Gasteiger partial charge in [-0.15, -0.1) is 0 Å². The van der Waals surface area contributed by atoms with E-state index in [1.54, 1.807) is 18.2 Å². The first kappa shape index (κ1) is 17.7. The van der Waals surface area contributed by atoms with Crippen molar-refractivity contribution in [3.8, 4) is 0 Å². The summed E-state index contributed by atoms with van der Waals surface area (Å²) in [4.78, 5) is 12.1. The first-order chi connectivity index (χ1) is 10.9. The lowest BCUT2D eigenvalue weighted by molar-refractivity contribution is 0.0952. The van der Waals surface area contributed by atoms with Crippen LogP contribution in [0.2, 0.25) is 0 Å². The highest BCUT2D eigenvalue weighted by Crippen LogP contribution is 2.15. The van der Waals surface area contributed by atoms with Crippen molar-refractivity contribution in [3.63, 3.8) is 0 Å². The molecular formula is C16H17BrN2O3S. The van der Waals surface area contributed by atoms with E-state index in [9.17, 15) is 13.2 Å². The van der Waals surface area contributed by atoms with Crippen molar-refractivity contribution in [2.24, 2.45) is 5.14 Å². The number of aryl methyl sites for hydroxylation is 1. The third kappa shape index (κ3) is 5.16. The van der Waals surface area contributed by atoms with E-state index in [0.717, 1.165) is 22.9 Å². The number of halogens is 1. The second-order valence-electron chi connectivity index (χ2n) is 5.03. The lowest BCUT2D eigenvalue weighted by Gasteiger charge is -2.07. The molecule has 0 aliphatic carbocycles. The highest BCUT2D eigenvalue weighted by Gasteiger charge is 2.09. The molecular weight excluding hydrogens is 380 g/mol. The summed E-state index contributed by atoms with van der Waals surface area (Å²) in [5.74, 6) is -0.123. The number of nitrogens with two attached hydrogens (primary N) is 1. The fraction of sp³-hybridized carbons (Fsp3) is 0.188. The summed E-state index contributed by atoms with van der Waals surface area (Å²) in [7, 11) is -3.65. The van der Waals surface area contributed by atoms with Gasteiger partial charge in [0.2, 0.25) is 10.0 Å². The molecule has 2 rings (SSSR count). The molecule has 3 N–H and O–H groups in total. The largest absolute Gasteiger partial charge is 0.352 e. The summed E-state index contributed by atoms with van der Waals surface area (Å²) in [5.41, 5.74) is 1.59. The number of primary sulfonamides is 1. The van der Waals surface area contributed by atoms with E-state index in [1.165, 1.54) is 12.1 Å². The summed E-state index contributed by atoms with van der Waals surface area (Å²) in [6.07, 6.45) is 1.49. The molecule has 0 bridgehead atoms. The maximum Gasteiger partial charge on any atom is 0.252 e. The zero-order chi connectivity index (χ0) is 16.9. The molecule has 0 aliphatic heterocycles. The standard InChI is InChI=1S/C16H17BrN2O3S/c17-15-6-2-1-5-14(15)16(20)19-11-3-4-12-7-9-13(10-8-12)23(18,21)22/h1-2,5-10H,3-4,11H2,(H,19,20)(H2,18,21,22). The number of carbonyl (C=O) groups excluding carboxylic acids is 1. The van der Waals surface area contributed by atoms with Gasteiger partial charge in [-0.25, -0.2) is 13.6 Å². The summed E-state index contributed by atoms with van der Waals surface area (Å²) >= 11 is 3.35. The molecule has 0 fully saturated rings. The van der Waals surface area contributed by atoms with Gasteiger partial charge in [0.25, 0.3) is 5.91 Å². The zero-order valence-corrected chi connectivity index (χ0v) is 14.7. The molecule has 0 unspecified atom stereocenters. The first-order valence-corrected chi connectivity index (χ1v) is 9.36. The normalized spacial score (nSPS) is 11.2. The van der Waals surface area contributed by atoms with Crippen LogP contribution < -0.4 is 10.5 Å². The Kier molecular flexibility index (Phi) is 5.92. The molecule has 0 heterocycles. The van der Waals surface area contributed by atoms with Crippen LogP contribution in [-0.2, 0) is 16.4 Å². The van der Waals surface area contributed by atoms with Gasteiger partial charge < -0.3 is 5.32 Å². The second kappa shape index (κ2) is 7.72. The molecule has 0 saturated carbocycles. The minimum atomic E-state index is -3.65. The summed E-state index contributed by atoms with van der Waals surface area (Å²) in [6, 6.07) is 13.7. The van der Waals surface area contributed by atoms with E-state index in [-0.39, 0.29) is 10.8 Å². The van der Waals surface area contributed by atoms with Crippen molar-refractivity contribution >= 4 is 31.9 Å². The molecule has 0 atom stereocenters. The van der Waals surface area contributed by atoms with Crippen LogP contribution in [0.4, 0.5) is 0 Å². The number of benzene rings is 2. The molecule has 0 radical (unpaired) electrons. The Bertz CT molecular complexity index is 789. The molecule has 1 amide bonds. The van der Waals surface area contributed by atoms with Gasteiger partial charge in [0.1, 0.15) is 0 Å². The van der Waals surface area contributed by atoms with Crippen LogP contribution in [0, 0.1) is 0 Å². The van der Waals surface area contributed by atoms with Gasteiger partial charge in [0.15, 0.2) is 0 Å². The second-order valence-corrected chi connectivity index (χ2v) is 7.44. The van der Waals surface area contributed by atoms with Crippen LogP contribution in [-0.4, -0.2) is 20.9 Å².